The minimum Gasteiger partial charge on any atom is -0.444 e. The van der Waals surface area contributed by atoms with Crippen molar-refractivity contribution in [3.63, 3.8) is 0 Å². The summed E-state index contributed by atoms with van der Waals surface area (Å²) in [7, 11) is 0. The molecule has 1 fully saturated rings. The fourth-order valence-electron chi connectivity index (χ4n) is 2.54. The van der Waals surface area contributed by atoms with Crippen molar-refractivity contribution in [1.29, 1.82) is 0 Å². The SMILES string of the molecule is CC(C)(C)OC(=O)N[C@H]1CCC[C@H]1CNc1ncccn1. The quantitative estimate of drug-likeness (QED) is 0.892. The largest absolute Gasteiger partial charge is 0.444 e. The molecule has 21 heavy (non-hydrogen) atoms. The number of nitrogens with one attached hydrogen (secondary N) is 2. The van der Waals surface area contributed by atoms with Gasteiger partial charge in [0.2, 0.25) is 5.95 Å². The normalized spacial score (nSPS) is 21.9. The van der Waals surface area contributed by atoms with Gasteiger partial charge < -0.3 is 15.4 Å². The molecule has 6 nitrogen and oxygen atoms in total. The van der Waals surface area contributed by atoms with E-state index in [-0.39, 0.29) is 12.1 Å². The predicted octanol–water partition coefficient (Wildman–Crippen LogP) is 2.58. The Morgan fingerprint density at radius 2 is 2.05 bits per heavy atom. The van der Waals surface area contributed by atoms with E-state index in [4.69, 9.17) is 4.74 Å². The molecular formula is C15H24N4O2. The van der Waals surface area contributed by atoms with Crippen molar-refractivity contribution in [3.8, 4) is 0 Å². The van der Waals surface area contributed by atoms with Crippen LogP contribution >= 0.6 is 0 Å². The smallest absolute Gasteiger partial charge is 0.407 e. The topological polar surface area (TPSA) is 76.1 Å². The molecule has 1 aliphatic carbocycles. The van der Waals surface area contributed by atoms with Crippen molar-refractivity contribution in [3.05, 3.63) is 18.5 Å². The van der Waals surface area contributed by atoms with Gasteiger partial charge in [0.05, 0.1) is 0 Å². The molecule has 0 spiro atoms. The van der Waals surface area contributed by atoms with Crippen molar-refractivity contribution in [1.82, 2.24) is 15.3 Å². The third-order valence-corrected chi connectivity index (χ3v) is 3.45. The van der Waals surface area contributed by atoms with E-state index in [0.717, 1.165) is 25.8 Å². The molecule has 1 aliphatic rings. The zero-order valence-electron chi connectivity index (χ0n) is 12.9. The maximum absolute atomic E-state index is 11.9. The van der Waals surface area contributed by atoms with Crippen LogP contribution in [0.2, 0.25) is 0 Å². The number of rotatable bonds is 4. The second kappa shape index (κ2) is 6.74. The molecule has 6 heteroatoms. The Labute approximate surface area is 125 Å². The summed E-state index contributed by atoms with van der Waals surface area (Å²) in [5.41, 5.74) is -0.464. The Hall–Kier alpha value is -1.85. The lowest BCUT2D eigenvalue weighted by Crippen LogP contribution is -2.42. The maximum atomic E-state index is 11.9. The van der Waals surface area contributed by atoms with Crippen LogP contribution in [0.1, 0.15) is 40.0 Å². The van der Waals surface area contributed by atoms with Gasteiger partial charge in [-0.1, -0.05) is 6.42 Å². The lowest BCUT2D eigenvalue weighted by molar-refractivity contribution is 0.0494. The van der Waals surface area contributed by atoms with Gasteiger partial charge in [0.15, 0.2) is 0 Å². The van der Waals surface area contributed by atoms with Gasteiger partial charge in [0, 0.05) is 25.0 Å². The number of ether oxygens (including phenoxy) is 1. The first kappa shape index (κ1) is 15.5. The molecule has 2 atom stereocenters. The van der Waals surface area contributed by atoms with E-state index in [1.807, 2.05) is 20.8 Å². The molecule has 1 aromatic rings. The van der Waals surface area contributed by atoms with Crippen LogP contribution in [-0.2, 0) is 4.74 Å². The highest BCUT2D eigenvalue weighted by molar-refractivity contribution is 5.68. The number of alkyl carbamates (subject to hydrolysis) is 1. The number of carbonyl (C=O) groups excluding carboxylic acids is 1. The Kier molecular flexibility index (Phi) is 4.98. The Balaban J connectivity index is 1.81. The number of carbonyl (C=O) groups is 1. The van der Waals surface area contributed by atoms with Crippen molar-refractivity contribution in [2.45, 2.75) is 51.7 Å². The minimum absolute atomic E-state index is 0.149. The highest BCUT2D eigenvalue weighted by Crippen LogP contribution is 2.26. The van der Waals surface area contributed by atoms with Gasteiger partial charge >= 0.3 is 6.09 Å². The first-order valence-corrected chi connectivity index (χ1v) is 7.44. The second-order valence-corrected chi connectivity index (χ2v) is 6.40. The molecule has 1 heterocycles. The van der Waals surface area contributed by atoms with Gasteiger partial charge in [-0.3, -0.25) is 0 Å². The molecular weight excluding hydrogens is 268 g/mol. The monoisotopic (exact) mass is 292 g/mol. The number of hydrogen-bond acceptors (Lipinski definition) is 5. The van der Waals surface area contributed by atoms with E-state index in [9.17, 15) is 4.79 Å². The fraction of sp³-hybridized carbons (Fsp3) is 0.667. The Morgan fingerprint density at radius 3 is 2.71 bits per heavy atom. The summed E-state index contributed by atoms with van der Waals surface area (Å²) in [5, 5.41) is 6.20. The molecule has 116 valence electrons. The van der Waals surface area contributed by atoms with Crippen LogP contribution in [0.5, 0.6) is 0 Å². The molecule has 0 radical (unpaired) electrons. The van der Waals surface area contributed by atoms with Crippen molar-refractivity contribution in [2.24, 2.45) is 5.92 Å². The number of amides is 1. The molecule has 0 saturated heterocycles. The minimum atomic E-state index is -0.464. The zero-order chi connectivity index (χ0) is 15.3. The van der Waals surface area contributed by atoms with Crippen LogP contribution < -0.4 is 10.6 Å². The Bertz CT molecular complexity index is 458. The van der Waals surface area contributed by atoms with Crippen LogP contribution in [0, 0.1) is 5.92 Å². The second-order valence-electron chi connectivity index (χ2n) is 6.40. The van der Waals surface area contributed by atoms with Crippen LogP contribution in [-0.4, -0.2) is 34.2 Å². The van der Waals surface area contributed by atoms with Gasteiger partial charge in [-0.05, 0) is 45.6 Å². The summed E-state index contributed by atoms with van der Waals surface area (Å²) in [5.74, 6) is 1.00. The van der Waals surface area contributed by atoms with Crippen molar-refractivity contribution < 1.29 is 9.53 Å². The summed E-state index contributed by atoms with van der Waals surface area (Å²) >= 11 is 0. The third kappa shape index (κ3) is 5.21. The van der Waals surface area contributed by atoms with Gasteiger partial charge in [0.1, 0.15) is 5.60 Å². The Morgan fingerprint density at radius 1 is 1.33 bits per heavy atom. The van der Waals surface area contributed by atoms with Gasteiger partial charge in [-0.25, -0.2) is 14.8 Å². The molecule has 0 bridgehead atoms. The van der Waals surface area contributed by atoms with E-state index < -0.39 is 5.60 Å². The average molecular weight is 292 g/mol. The van der Waals surface area contributed by atoms with Crippen LogP contribution in [0.25, 0.3) is 0 Å². The first-order valence-electron chi connectivity index (χ1n) is 7.44. The third-order valence-electron chi connectivity index (χ3n) is 3.45. The molecule has 0 unspecified atom stereocenters. The van der Waals surface area contributed by atoms with Gasteiger partial charge in [0.25, 0.3) is 0 Å². The average Bonchev–Trinajstić information content (AvgIpc) is 2.82. The van der Waals surface area contributed by atoms with Crippen molar-refractivity contribution >= 4 is 12.0 Å². The molecule has 0 aliphatic heterocycles. The summed E-state index contributed by atoms with van der Waals surface area (Å²) in [6.45, 7) is 6.36. The number of anilines is 1. The van der Waals surface area contributed by atoms with E-state index in [2.05, 4.69) is 20.6 Å². The predicted molar refractivity (Wildman–Crippen MR) is 81.0 cm³/mol. The molecule has 1 aromatic heterocycles. The summed E-state index contributed by atoms with van der Waals surface area (Å²) < 4.78 is 5.32. The molecule has 1 amide bonds. The summed E-state index contributed by atoms with van der Waals surface area (Å²) in [6, 6.07) is 1.93. The first-order chi connectivity index (χ1) is 9.94. The maximum Gasteiger partial charge on any atom is 0.407 e. The standard InChI is InChI=1S/C15H24N4O2/c1-15(2,3)21-14(20)19-12-7-4-6-11(12)10-18-13-16-8-5-9-17-13/h5,8-9,11-12H,4,6-7,10H2,1-3H3,(H,19,20)(H,16,17,18)/t11-,12-/m0/s1. The fourth-order valence-corrected chi connectivity index (χ4v) is 2.54. The van der Waals surface area contributed by atoms with E-state index in [1.54, 1.807) is 18.5 Å². The van der Waals surface area contributed by atoms with E-state index in [1.165, 1.54) is 0 Å². The van der Waals surface area contributed by atoms with Crippen LogP contribution in [0.15, 0.2) is 18.5 Å². The molecule has 2 N–H and O–H groups in total. The highest BCUT2D eigenvalue weighted by Gasteiger charge is 2.30. The molecule has 0 aromatic carbocycles. The summed E-state index contributed by atoms with van der Waals surface area (Å²) in [4.78, 5) is 20.1. The van der Waals surface area contributed by atoms with Gasteiger partial charge in [-0.15, -0.1) is 0 Å². The van der Waals surface area contributed by atoms with Gasteiger partial charge in [-0.2, -0.15) is 0 Å². The lowest BCUT2D eigenvalue weighted by atomic mass is 10.0. The highest BCUT2D eigenvalue weighted by atomic mass is 16.6. The lowest BCUT2D eigenvalue weighted by Gasteiger charge is -2.25. The van der Waals surface area contributed by atoms with Crippen LogP contribution in [0.4, 0.5) is 10.7 Å². The van der Waals surface area contributed by atoms with Crippen molar-refractivity contribution in [2.75, 3.05) is 11.9 Å². The molecule has 1 saturated carbocycles. The zero-order valence-corrected chi connectivity index (χ0v) is 12.9. The van der Waals surface area contributed by atoms with Crippen LogP contribution in [0.3, 0.4) is 0 Å². The number of nitrogens with zero attached hydrogens (tertiary/aromatic N) is 2. The van der Waals surface area contributed by atoms with E-state index >= 15 is 0 Å². The van der Waals surface area contributed by atoms with E-state index in [0.29, 0.717) is 11.9 Å². The number of hydrogen-bond donors (Lipinski definition) is 2. The molecule has 2 rings (SSSR count). The summed E-state index contributed by atoms with van der Waals surface area (Å²) in [6.07, 6.45) is 6.26. The number of aromatic nitrogens is 2.